The lowest BCUT2D eigenvalue weighted by Crippen LogP contribution is -2.56. The molecule has 0 aromatic heterocycles. The van der Waals surface area contributed by atoms with Gasteiger partial charge in [0.2, 0.25) is 0 Å². The first-order chi connectivity index (χ1) is 16.9. The van der Waals surface area contributed by atoms with Crippen LogP contribution in [0.5, 0.6) is 0 Å². The SMILES string of the molecule is CC.CCC1=CC(C)=CCC1.CCCC1(C(C)OC)CCC2C(CCC3CCCCC32C)C1CC. The summed E-state index contributed by atoms with van der Waals surface area (Å²) in [6, 6.07) is 0. The van der Waals surface area contributed by atoms with Crippen molar-refractivity contribution in [3.63, 3.8) is 0 Å². The van der Waals surface area contributed by atoms with Crippen LogP contribution in [-0.2, 0) is 4.74 Å². The summed E-state index contributed by atoms with van der Waals surface area (Å²) in [5, 5.41) is 0. The molecule has 0 spiro atoms. The fourth-order valence-electron chi connectivity index (χ4n) is 9.18. The minimum atomic E-state index is 0.417. The molecule has 4 rings (SSSR count). The number of ether oxygens (including phenoxy) is 1. The minimum absolute atomic E-state index is 0.417. The van der Waals surface area contributed by atoms with Crippen molar-refractivity contribution in [2.45, 2.75) is 151 Å². The predicted molar refractivity (Wildman–Crippen MR) is 156 cm³/mol. The molecule has 0 saturated heterocycles. The Hall–Kier alpha value is -0.560. The smallest absolute Gasteiger partial charge is 0.0602 e. The Kier molecular flexibility index (Phi) is 12.6. The maximum absolute atomic E-state index is 5.99. The number of allylic oxidation sites excluding steroid dienone is 4. The Balaban J connectivity index is 0.000000329. The number of hydrogen-bond acceptors (Lipinski definition) is 1. The highest BCUT2D eigenvalue weighted by atomic mass is 16.5. The molecule has 204 valence electrons. The zero-order valence-corrected chi connectivity index (χ0v) is 25.3. The quantitative estimate of drug-likeness (QED) is 0.362. The van der Waals surface area contributed by atoms with Crippen LogP contribution in [0.2, 0.25) is 0 Å². The van der Waals surface area contributed by atoms with Crippen molar-refractivity contribution in [2.75, 3.05) is 7.11 Å². The monoisotopic (exact) mass is 486 g/mol. The van der Waals surface area contributed by atoms with E-state index in [1.807, 2.05) is 21.0 Å². The molecule has 0 aliphatic heterocycles. The van der Waals surface area contributed by atoms with Gasteiger partial charge in [0.15, 0.2) is 0 Å². The molecule has 3 saturated carbocycles. The van der Waals surface area contributed by atoms with Crippen LogP contribution >= 0.6 is 0 Å². The van der Waals surface area contributed by atoms with Crippen molar-refractivity contribution in [3.8, 4) is 0 Å². The van der Waals surface area contributed by atoms with Gasteiger partial charge in [-0.05, 0) is 113 Å². The van der Waals surface area contributed by atoms with Gasteiger partial charge in [-0.15, -0.1) is 0 Å². The average Bonchev–Trinajstić information content (AvgIpc) is 2.89. The zero-order valence-electron chi connectivity index (χ0n) is 25.3. The first-order valence-corrected chi connectivity index (χ1v) is 15.7. The minimum Gasteiger partial charge on any atom is -0.381 e. The van der Waals surface area contributed by atoms with Gasteiger partial charge in [-0.3, -0.25) is 0 Å². The highest BCUT2D eigenvalue weighted by Gasteiger charge is 2.57. The van der Waals surface area contributed by atoms with Crippen molar-refractivity contribution >= 4 is 0 Å². The van der Waals surface area contributed by atoms with Gasteiger partial charge in [-0.2, -0.15) is 0 Å². The maximum Gasteiger partial charge on any atom is 0.0602 e. The third kappa shape index (κ3) is 6.66. The molecule has 0 amide bonds. The standard InChI is InChI=1S/C23H42O.C9H14.C2H6/c1-6-14-23(17(3)24-5)16-13-21-19(20(23)7-2)12-11-18-10-8-9-15-22(18,21)4;1-3-9-6-4-5-8(2)7-9;1-2/h17-21H,6-16H2,1-5H3;5,7H,3-4,6H2,1-2H3;1-2H3. The number of fused-ring (bicyclic) bond motifs is 3. The Morgan fingerprint density at radius 3 is 2.34 bits per heavy atom. The van der Waals surface area contributed by atoms with Gasteiger partial charge in [0.05, 0.1) is 6.10 Å². The Bertz CT molecular complexity index is 674. The first-order valence-electron chi connectivity index (χ1n) is 15.7. The molecule has 0 N–H and O–H groups in total. The van der Waals surface area contributed by atoms with Crippen molar-refractivity contribution in [3.05, 3.63) is 23.3 Å². The summed E-state index contributed by atoms with van der Waals surface area (Å²) in [5.74, 6) is 3.87. The van der Waals surface area contributed by atoms with Crippen LogP contribution in [0.3, 0.4) is 0 Å². The summed E-state index contributed by atoms with van der Waals surface area (Å²) in [6.07, 6.45) is 24.7. The summed E-state index contributed by atoms with van der Waals surface area (Å²) >= 11 is 0. The fraction of sp³-hybridized carbons (Fsp3) is 0.882. The third-order valence-corrected chi connectivity index (χ3v) is 11.0. The number of methoxy groups -OCH3 is 1. The topological polar surface area (TPSA) is 9.23 Å². The van der Waals surface area contributed by atoms with E-state index in [1.165, 1.54) is 95.5 Å². The van der Waals surface area contributed by atoms with E-state index in [9.17, 15) is 0 Å². The van der Waals surface area contributed by atoms with E-state index in [-0.39, 0.29) is 0 Å². The Morgan fingerprint density at radius 2 is 1.77 bits per heavy atom. The second-order valence-corrected chi connectivity index (χ2v) is 12.4. The molecule has 0 heterocycles. The van der Waals surface area contributed by atoms with Gasteiger partial charge >= 0.3 is 0 Å². The summed E-state index contributed by atoms with van der Waals surface area (Å²) in [5.41, 5.74) is 4.15. The van der Waals surface area contributed by atoms with Crippen LogP contribution in [0.15, 0.2) is 23.3 Å². The largest absolute Gasteiger partial charge is 0.381 e. The van der Waals surface area contributed by atoms with E-state index in [2.05, 4.69) is 53.7 Å². The van der Waals surface area contributed by atoms with E-state index in [0.717, 1.165) is 23.7 Å². The molecule has 0 bridgehead atoms. The number of rotatable bonds is 6. The van der Waals surface area contributed by atoms with Gasteiger partial charge in [0.25, 0.3) is 0 Å². The van der Waals surface area contributed by atoms with E-state index in [4.69, 9.17) is 4.74 Å². The highest BCUT2D eigenvalue weighted by molar-refractivity contribution is 5.25. The molecule has 7 atom stereocenters. The molecule has 0 radical (unpaired) electrons. The van der Waals surface area contributed by atoms with E-state index in [0.29, 0.717) is 16.9 Å². The lowest BCUT2D eigenvalue weighted by atomic mass is 9.43. The van der Waals surface area contributed by atoms with Gasteiger partial charge < -0.3 is 4.74 Å². The van der Waals surface area contributed by atoms with Gasteiger partial charge in [-0.1, -0.05) is 90.5 Å². The van der Waals surface area contributed by atoms with Crippen LogP contribution in [-0.4, -0.2) is 13.2 Å². The summed E-state index contributed by atoms with van der Waals surface area (Å²) in [7, 11) is 1.94. The molecular formula is C34H62O. The van der Waals surface area contributed by atoms with Crippen molar-refractivity contribution in [2.24, 2.45) is 34.5 Å². The first kappa shape index (κ1) is 30.7. The van der Waals surface area contributed by atoms with Crippen LogP contribution < -0.4 is 0 Å². The molecule has 35 heavy (non-hydrogen) atoms. The Morgan fingerprint density at radius 1 is 1.03 bits per heavy atom. The van der Waals surface area contributed by atoms with Crippen LogP contribution in [0, 0.1) is 34.5 Å². The average molecular weight is 487 g/mol. The summed E-state index contributed by atoms with van der Waals surface area (Å²) in [4.78, 5) is 0. The lowest BCUT2D eigenvalue weighted by molar-refractivity contribution is -0.156. The second kappa shape index (κ2) is 14.4. The summed E-state index contributed by atoms with van der Waals surface area (Å²) in [6.45, 7) is 18.3. The molecule has 1 heteroatoms. The normalized spacial score (nSPS) is 37.2. The summed E-state index contributed by atoms with van der Waals surface area (Å²) < 4.78 is 5.99. The van der Waals surface area contributed by atoms with E-state index in [1.54, 1.807) is 5.57 Å². The number of hydrogen-bond donors (Lipinski definition) is 0. The lowest BCUT2D eigenvalue weighted by Gasteiger charge is -2.62. The molecule has 1 nitrogen and oxygen atoms in total. The zero-order chi connectivity index (χ0) is 26.1. The van der Waals surface area contributed by atoms with Crippen molar-refractivity contribution in [1.82, 2.24) is 0 Å². The van der Waals surface area contributed by atoms with Gasteiger partial charge in [-0.25, -0.2) is 0 Å². The maximum atomic E-state index is 5.99. The second-order valence-electron chi connectivity index (χ2n) is 12.4. The molecule has 7 unspecified atom stereocenters. The fourth-order valence-corrected chi connectivity index (χ4v) is 9.18. The highest BCUT2D eigenvalue weighted by Crippen LogP contribution is 2.65. The Labute approximate surface area is 221 Å². The van der Waals surface area contributed by atoms with Crippen molar-refractivity contribution in [1.29, 1.82) is 0 Å². The van der Waals surface area contributed by atoms with E-state index < -0.39 is 0 Å². The molecule has 3 fully saturated rings. The van der Waals surface area contributed by atoms with E-state index >= 15 is 0 Å². The van der Waals surface area contributed by atoms with Crippen molar-refractivity contribution < 1.29 is 4.74 Å². The van der Waals surface area contributed by atoms with Crippen LogP contribution in [0.4, 0.5) is 0 Å². The molecule has 4 aliphatic rings. The molecular weight excluding hydrogens is 424 g/mol. The van der Waals surface area contributed by atoms with Gasteiger partial charge in [0.1, 0.15) is 0 Å². The predicted octanol–water partition coefficient (Wildman–Crippen LogP) is 10.9. The van der Waals surface area contributed by atoms with Gasteiger partial charge in [0, 0.05) is 7.11 Å². The molecule has 0 aromatic rings. The third-order valence-electron chi connectivity index (χ3n) is 11.0. The molecule has 4 aliphatic carbocycles. The molecule has 0 aromatic carbocycles. The van der Waals surface area contributed by atoms with Crippen LogP contribution in [0.1, 0.15) is 145 Å². The van der Waals surface area contributed by atoms with Crippen LogP contribution in [0.25, 0.3) is 0 Å².